The van der Waals surface area contributed by atoms with E-state index < -0.39 is 5.60 Å². The van der Waals surface area contributed by atoms with E-state index in [4.69, 9.17) is 5.73 Å². The predicted molar refractivity (Wildman–Crippen MR) is 75.4 cm³/mol. The standard InChI is InChI=1S/C15H30N2O/c1-15(18,12-16)8-2-3-9-17(10-13-4-5-13)11-14-6-7-14/h13-14,18H,2-12,16H2,1H3. The van der Waals surface area contributed by atoms with Crippen LogP contribution >= 0.6 is 0 Å². The van der Waals surface area contributed by atoms with Crippen LogP contribution in [0, 0.1) is 11.8 Å². The molecular formula is C15H30N2O. The van der Waals surface area contributed by atoms with Crippen molar-refractivity contribution in [2.75, 3.05) is 26.2 Å². The lowest BCUT2D eigenvalue weighted by Crippen LogP contribution is -2.34. The van der Waals surface area contributed by atoms with Crippen molar-refractivity contribution in [1.82, 2.24) is 4.90 Å². The van der Waals surface area contributed by atoms with Crippen molar-refractivity contribution in [3.05, 3.63) is 0 Å². The summed E-state index contributed by atoms with van der Waals surface area (Å²) in [6.45, 7) is 6.08. The number of hydrogen-bond donors (Lipinski definition) is 2. The Morgan fingerprint density at radius 2 is 1.67 bits per heavy atom. The molecule has 0 saturated heterocycles. The zero-order chi connectivity index (χ0) is 13.0. The van der Waals surface area contributed by atoms with E-state index >= 15 is 0 Å². The first-order chi connectivity index (χ1) is 8.59. The molecule has 0 heterocycles. The summed E-state index contributed by atoms with van der Waals surface area (Å²) in [5.41, 5.74) is 4.88. The highest BCUT2D eigenvalue weighted by molar-refractivity contribution is 4.82. The highest BCUT2D eigenvalue weighted by Gasteiger charge is 2.28. The molecule has 0 radical (unpaired) electrons. The number of unbranched alkanes of at least 4 members (excludes halogenated alkanes) is 1. The minimum atomic E-state index is -0.655. The molecule has 3 heteroatoms. The second kappa shape index (κ2) is 6.36. The Hall–Kier alpha value is -0.120. The number of hydrogen-bond acceptors (Lipinski definition) is 3. The van der Waals surface area contributed by atoms with Crippen LogP contribution < -0.4 is 5.73 Å². The molecule has 0 aromatic heterocycles. The van der Waals surface area contributed by atoms with Crippen LogP contribution in [0.25, 0.3) is 0 Å². The van der Waals surface area contributed by atoms with Gasteiger partial charge in [-0.25, -0.2) is 0 Å². The third-order valence-electron chi connectivity index (χ3n) is 4.31. The van der Waals surface area contributed by atoms with Crippen LogP contribution in [0.1, 0.15) is 51.9 Å². The smallest absolute Gasteiger partial charge is 0.0741 e. The first-order valence-corrected chi connectivity index (χ1v) is 7.74. The summed E-state index contributed by atoms with van der Waals surface area (Å²) >= 11 is 0. The van der Waals surface area contributed by atoms with Crippen LogP contribution in [0.5, 0.6) is 0 Å². The second-order valence-electron chi connectivity index (χ2n) is 6.80. The van der Waals surface area contributed by atoms with Crippen LogP contribution in [0.4, 0.5) is 0 Å². The van der Waals surface area contributed by atoms with E-state index in [9.17, 15) is 5.11 Å². The first-order valence-electron chi connectivity index (χ1n) is 7.74. The van der Waals surface area contributed by atoms with Crippen LogP contribution in [0.2, 0.25) is 0 Å². The van der Waals surface area contributed by atoms with Gasteiger partial charge in [0.1, 0.15) is 0 Å². The molecule has 3 nitrogen and oxygen atoms in total. The molecule has 0 spiro atoms. The van der Waals surface area contributed by atoms with Gasteiger partial charge in [0.05, 0.1) is 5.60 Å². The summed E-state index contributed by atoms with van der Waals surface area (Å²) in [6, 6.07) is 0. The zero-order valence-corrected chi connectivity index (χ0v) is 11.9. The van der Waals surface area contributed by atoms with Crippen molar-refractivity contribution in [2.24, 2.45) is 17.6 Å². The second-order valence-corrected chi connectivity index (χ2v) is 6.80. The fraction of sp³-hybridized carbons (Fsp3) is 1.00. The van der Waals surface area contributed by atoms with Gasteiger partial charge in [-0.15, -0.1) is 0 Å². The minimum absolute atomic E-state index is 0.376. The molecular weight excluding hydrogens is 224 g/mol. The zero-order valence-electron chi connectivity index (χ0n) is 11.9. The molecule has 2 fully saturated rings. The van der Waals surface area contributed by atoms with Gasteiger partial charge in [-0.2, -0.15) is 0 Å². The predicted octanol–water partition coefficient (Wildman–Crippen LogP) is 1.99. The lowest BCUT2D eigenvalue weighted by Gasteiger charge is -2.24. The average molecular weight is 254 g/mol. The van der Waals surface area contributed by atoms with Crippen molar-refractivity contribution in [2.45, 2.75) is 57.5 Å². The Morgan fingerprint density at radius 3 is 2.11 bits per heavy atom. The molecule has 2 aliphatic carbocycles. The molecule has 0 bridgehead atoms. The van der Waals surface area contributed by atoms with Gasteiger partial charge in [0.15, 0.2) is 0 Å². The lowest BCUT2D eigenvalue weighted by atomic mass is 9.99. The van der Waals surface area contributed by atoms with Crippen LogP contribution in [0.3, 0.4) is 0 Å². The maximum absolute atomic E-state index is 9.86. The van der Waals surface area contributed by atoms with Crippen molar-refractivity contribution in [1.29, 1.82) is 0 Å². The van der Waals surface area contributed by atoms with Gasteiger partial charge in [-0.05, 0) is 70.3 Å². The molecule has 1 unspecified atom stereocenters. The molecule has 2 rings (SSSR count). The largest absolute Gasteiger partial charge is 0.389 e. The lowest BCUT2D eigenvalue weighted by molar-refractivity contribution is 0.0562. The molecule has 0 amide bonds. The Morgan fingerprint density at radius 1 is 1.11 bits per heavy atom. The summed E-state index contributed by atoms with van der Waals surface area (Å²) in [4.78, 5) is 2.67. The Labute approximate surface area is 112 Å². The van der Waals surface area contributed by atoms with E-state index in [1.165, 1.54) is 51.7 Å². The third kappa shape index (κ3) is 5.68. The molecule has 18 heavy (non-hydrogen) atoms. The first kappa shape index (κ1) is 14.3. The van der Waals surface area contributed by atoms with Gasteiger partial charge in [0.2, 0.25) is 0 Å². The van der Waals surface area contributed by atoms with Gasteiger partial charge in [0.25, 0.3) is 0 Å². The van der Waals surface area contributed by atoms with Crippen molar-refractivity contribution < 1.29 is 5.11 Å². The highest BCUT2D eigenvalue weighted by Crippen LogP contribution is 2.33. The Balaban J connectivity index is 1.58. The fourth-order valence-corrected chi connectivity index (χ4v) is 2.53. The van der Waals surface area contributed by atoms with Gasteiger partial charge in [-0.1, -0.05) is 0 Å². The quantitative estimate of drug-likeness (QED) is 0.586. The molecule has 0 aliphatic heterocycles. The number of nitrogens with zero attached hydrogens (tertiary/aromatic N) is 1. The van der Waals surface area contributed by atoms with Crippen LogP contribution in [-0.2, 0) is 0 Å². The fourth-order valence-electron chi connectivity index (χ4n) is 2.53. The monoisotopic (exact) mass is 254 g/mol. The molecule has 3 N–H and O–H groups in total. The van der Waals surface area contributed by atoms with Gasteiger partial charge >= 0.3 is 0 Å². The van der Waals surface area contributed by atoms with Gasteiger partial charge in [-0.3, -0.25) is 0 Å². The topological polar surface area (TPSA) is 49.5 Å². The number of aliphatic hydroxyl groups is 1. The highest BCUT2D eigenvalue weighted by atomic mass is 16.3. The van der Waals surface area contributed by atoms with Crippen LogP contribution in [0.15, 0.2) is 0 Å². The van der Waals surface area contributed by atoms with Crippen LogP contribution in [-0.4, -0.2) is 41.8 Å². The number of nitrogens with two attached hydrogens (primary N) is 1. The van der Waals surface area contributed by atoms with Gasteiger partial charge < -0.3 is 15.7 Å². The maximum Gasteiger partial charge on any atom is 0.0741 e. The Bertz CT molecular complexity index is 233. The normalized spacial score (nSPS) is 23.3. The Kier molecular flexibility index (Phi) is 5.05. The number of rotatable bonds is 10. The summed E-state index contributed by atoms with van der Waals surface area (Å²) in [7, 11) is 0. The molecule has 2 aliphatic rings. The third-order valence-corrected chi connectivity index (χ3v) is 4.31. The molecule has 106 valence electrons. The average Bonchev–Trinajstić information content (AvgIpc) is 3.20. The van der Waals surface area contributed by atoms with E-state index in [1.807, 2.05) is 6.92 Å². The molecule has 0 aromatic carbocycles. The van der Waals surface area contributed by atoms with E-state index in [-0.39, 0.29) is 0 Å². The SMILES string of the molecule is CC(O)(CN)CCCCN(CC1CC1)CC1CC1. The summed E-state index contributed by atoms with van der Waals surface area (Å²) in [6.07, 6.45) is 8.92. The molecule has 2 saturated carbocycles. The van der Waals surface area contributed by atoms with E-state index in [2.05, 4.69) is 4.90 Å². The van der Waals surface area contributed by atoms with Gasteiger partial charge in [0, 0.05) is 19.6 Å². The molecule has 1 atom stereocenters. The maximum atomic E-state index is 9.86. The van der Waals surface area contributed by atoms with E-state index in [1.54, 1.807) is 0 Å². The van der Waals surface area contributed by atoms with Crippen molar-refractivity contribution in [3.63, 3.8) is 0 Å². The molecule has 0 aromatic rings. The summed E-state index contributed by atoms with van der Waals surface area (Å²) in [5.74, 6) is 1.99. The van der Waals surface area contributed by atoms with Crippen molar-refractivity contribution in [3.8, 4) is 0 Å². The minimum Gasteiger partial charge on any atom is -0.389 e. The summed E-state index contributed by atoms with van der Waals surface area (Å²) in [5, 5.41) is 9.86. The van der Waals surface area contributed by atoms with E-state index in [0.29, 0.717) is 6.54 Å². The van der Waals surface area contributed by atoms with Crippen molar-refractivity contribution >= 4 is 0 Å². The van der Waals surface area contributed by atoms with E-state index in [0.717, 1.165) is 24.7 Å². The summed E-state index contributed by atoms with van der Waals surface area (Å²) < 4.78 is 0.